The van der Waals surface area contributed by atoms with E-state index in [1.165, 1.54) is 17.7 Å². The van der Waals surface area contributed by atoms with Gasteiger partial charge in [-0.3, -0.25) is 4.79 Å². The number of ketones is 1. The van der Waals surface area contributed by atoms with E-state index in [0.29, 0.717) is 11.1 Å². The third kappa shape index (κ3) is 3.28. The minimum absolute atomic E-state index is 0.134. The molecule has 2 aromatic carbocycles. The van der Waals surface area contributed by atoms with E-state index in [0.717, 1.165) is 18.4 Å². The van der Waals surface area contributed by atoms with E-state index in [1.807, 2.05) is 24.3 Å². The summed E-state index contributed by atoms with van der Waals surface area (Å²) in [7, 11) is 0. The van der Waals surface area contributed by atoms with Crippen LogP contribution in [0.3, 0.4) is 0 Å². The summed E-state index contributed by atoms with van der Waals surface area (Å²) < 4.78 is 13.3. The maximum atomic E-state index is 13.3. The molecule has 0 saturated heterocycles. The molecule has 0 fully saturated rings. The van der Waals surface area contributed by atoms with Crippen LogP contribution >= 0.6 is 0 Å². The molecule has 0 amide bonds. The van der Waals surface area contributed by atoms with Crippen molar-refractivity contribution in [2.45, 2.75) is 26.7 Å². The summed E-state index contributed by atoms with van der Waals surface area (Å²) in [5.74, 6) is -0.503. The highest BCUT2D eigenvalue weighted by molar-refractivity contribution is 6.09. The molecule has 0 saturated carbocycles. The number of benzene rings is 2. The van der Waals surface area contributed by atoms with Crippen LogP contribution in [0, 0.1) is 12.7 Å². The summed E-state index contributed by atoms with van der Waals surface area (Å²) >= 11 is 0. The van der Waals surface area contributed by atoms with Crippen molar-refractivity contribution in [2.75, 3.05) is 0 Å². The second-order valence-corrected chi connectivity index (χ2v) is 4.79. The van der Waals surface area contributed by atoms with Gasteiger partial charge in [0, 0.05) is 11.1 Å². The lowest BCUT2D eigenvalue weighted by Gasteiger charge is -2.04. The highest BCUT2D eigenvalue weighted by Gasteiger charge is 2.10. The van der Waals surface area contributed by atoms with Gasteiger partial charge in [0.1, 0.15) is 5.82 Å². The number of carbonyl (C=O) groups is 1. The largest absolute Gasteiger partial charge is 0.289 e. The van der Waals surface area contributed by atoms with Gasteiger partial charge < -0.3 is 0 Å². The van der Waals surface area contributed by atoms with Crippen LogP contribution in [0.25, 0.3) is 0 Å². The lowest BCUT2D eigenvalue weighted by atomic mass is 9.99. The van der Waals surface area contributed by atoms with Crippen LogP contribution in [0.1, 0.15) is 40.4 Å². The molecule has 0 aliphatic rings. The Labute approximate surface area is 113 Å². The summed E-state index contributed by atoms with van der Waals surface area (Å²) in [5, 5.41) is 0. The number of halogens is 1. The maximum absolute atomic E-state index is 13.3. The fourth-order valence-corrected chi connectivity index (χ4v) is 2.15. The van der Waals surface area contributed by atoms with Crippen molar-refractivity contribution in [3.05, 3.63) is 70.5 Å². The molecule has 98 valence electrons. The smallest absolute Gasteiger partial charge is 0.193 e. The first-order chi connectivity index (χ1) is 9.10. The van der Waals surface area contributed by atoms with E-state index in [-0.39, 0.29) is 11.6 Å². The average Bonchev–Trinajstić information content (AvgIpc) is 2.38. The number of aryl methyl sites for hydroxylation is 2. The highest BCUT2D eigenvalue weighted by Crippen LogP contribution is 2.15. The lowest BCUT2D eigenvalue weighted by molar-refractivity contribution is 0.103. The second kappa shape index (κ2) is 5.79. The topological polar surface area (TPSA) is 17.1 Å². The predicted octanol–water partition coefficient (Wildman–Crippen LogP) is 4.32. The number of carbonyl (C=O) groups excluding carboxylic acids is 1. The molecule has 0 N–H and O–H groups in total. The van der Waals surface area contributed by atoms with Gasteiger partial charge in [-0.1, -0.05) is 37.6 Å². The number of rotatable bonds is 4. The van der Waals surface area contributed by atoms with Crippen LogP contribution in [-0.4, -0.2) is 5.78 Å². The van der Waals surface area contributed by atoms with Crippen LogP contribution < -0.4 is 0 Å². The summed E-state index contributed by atoms with van der Waals surface area (Å²) in [6.45, 7) is 3.90. The Morgan fingerprint density at radius 3 is 2.32 bits per heavy atom. The van der Waals surface area contributed by atoms with Crippen molar-refractivity contribution < 1.29 is 9.18 Å². The minimum Gasteiger partial charge on any atom is -0.289 e. The van der Waals surface area contributed by atoms with Gasteiger partial charge in [-0.05, 0) is 42.7 Å². The van der Waals surface area contributed by atoms with E-state index in [1.54, 1.807) is 13.0 Å². The molecule has 1 nitrogen and oxygen atoms in total. The molecule has 0 aromatic heterocycles. The third-order valence-electron chi connectivity index (χ3n) is 3.06. The van der Waals surface area contributed by atoms with Gasteiger partial charge in [-0.2, -0.15) is 0 Å². The van der Waals surface area contributed by atoms with Crippen molar-refractivity contribution in [1.82, 2.24) is 0 Å². The lowest BCUT2D eigenvalue weighted by Crippen LogP contribution is -2.02. The molecule has 0 unspecified atom stereocenters. The van der Waals surface area contributed by atoms with Gasteiger partial charge in [0.05, 0.1) is 0 Å². The fourth-order valence-electron chi connectivity index (χ4n) is 2.15. The Hall–Kier alpha value is -1.96. The average molecular weight is 256 g/mol. The summed E-state index contributed by atoms with van der Waals surface area (Å²) in [6.07, 6.45) is 2.09. The summed E-state index contributed by atoms with van der Waals surface area (Å²) in [4.78, 5) is 12.3. The van der Waals surface area contributed by atoms with Crippen LogP contribution in [0.5, 0.6) is 0 Å². The van der Waals surface area contributed by atoms with Gasteiger partial charge in [-0.15, -0.1) is 0 Å². The summed E-state index contributed by atoms with van der Waals surface area (Å²) in [5.41, 5.74) is 2.98. The van der Waals surface area contributed by atoms with Crippen LogP contribution in [0.2, 0.25) is 0 Å². The normalized spacial score (nSPS) is 10.5. The first-order valence-electron chi connectivity index (χ1n) is 6.51. The number of hydrogen-bond acceptors (Lipinski definition) is 1. The Morgan fingerprint density at radius 1 is 1.05 bits per heavy atom. The maximum Gasteiger partial charge on any atom is 0.193 e. The van der Waals surface area contributed by atoms with Crippen molar-refractivity contribution in [1.29, 1.82) is 0 Å². The van der Waals surface area contributed by atoms with Crippen LogP contribution in [0.15, 0.2) is 42.5 Å². The van der Waals surface area contributed by atoms with Gasteiger partial charge in [0.2, 0.25) is 0 Å². The second-order valence-electron chi connectivity index (χ2n) is 4.79. The molecule has 2 rings (SSSR count). The molecule has 19 heavy (non-hydrogen) atoms. The number of hydrogen-bond donors (Lipinski definition) is 0. The Kier molecular flexibility index (Phi) is 4.10. The molecular weight excluding hydrogens is 239 g/mol. The Balaban J connectivity index is 2.28. The van der Waals surface area contributed by atoms with Crippen molar-refractivity contribution in [3.8, 4) is 0 Å². The molecule has 0 aliphatic carbocycles. The van der Waals surface area contributed by atoms with E-state index in [4.69, 9.17) is 0 Å². The highest BCUT2D eigenvalue weighted by atomic mass is 19.1. The standard InChI is InChI=1S/C17H17FO/c1-3-4-13-5-7-14(8-6-13)17(19)15-9-12(2)10-16(18)11-15/h5-11H,3-4H2,1-2H3. The first kappa shape index (κ1) is 13.5. The summed E-state index contributed by atoms with van der Waals surface area (Å²) in [6, 6.07) is 12.0. The van der Waals surface area contributed by atoms with E-state index in [9.17, 15) is 9.18 Å². The molecule has 0 spiro atoms. The minimum atomic E-state index is -0.369. The molecule has 2 heteroatoms. The molecule has 0 radical (unpaired) electrons. The van der Waals surface area contributed by atoms with Crippen molar-refractivity contribution in [2.24, 2.45) is 0 Å². The zero-order valence-corrected chi connectivity index (χ0v) is 11.2. The third-order valence-corrected chi connectivity index (χ3v) is 3.06. The molecule has 0 aliphatic heterocycles. The molecular formula is C17H17FO. The fraction of sp³-hybridized carbons (Fsp3) is 0.235. The SMILES string of the molecule is CCCc1ccc(C(=O)c2cc(C)cc(F)c2)cc1. The van der Waals surface area contributed by atoms with Gasteiger partial charge >= 0.3 is 0 Å². The molecule has 0 heterocycles. The van der Waals surface area contributed by atoms with E-state index >= 15 is 0 Å². The van der Waals surface area contributed by atoms with Gasteiger partial charge in [-0.25, -0.2) is 4.39 Å². The molecule has 0 atom stereocenters. The zero-order chi connectivity index (χ0) is 13.8. The Morgan fingerprint density at radius 2 is 1.74 bits per heavy atom. The zero-order valence-electron chi connectivity index (χ0n) is 11.2. The first-order valence-corrected chi connectivity index (χ1v) is 6.51. The Bertz CT molecular complexity index is 564. The predicted molar refractivity (Wildman–Crippen MR) is 75.0 cm³/mol. The van der Waals surface area contributed by atoms with E-state index < -0.39 is 0 Å². The van der Waals surface area contributed by atoms with Gasteiger partial charge in [0.25, 0.3) is 0 Å². The molecule has 0 bridgehead atoms. The van der Waals surface area contributed by atoms with Crippen molar-refractivity contribution in [3.63, 3.8) is 0 Å². The van der Waals surface area contributed by atoms with Crippen molar-refractivity contribution >= 4 is 5.78 Å². The van der Waals surface area contributed by atoms with E-state index in [2.05, 4.69) is 6.92 Å². The monoisotopic (exact) mass is 256 g/mol. The van der Waals surface area contributed by atoms with Crippen LogP contribution in [-0.2, 0) is 6.42 Å². The van der Waals surface area contributed by atoms with Gasteiger partial charge in [0.15, 0.2) is 5.78 Å². The quantitative estimate of drug-likeness (QED) is 0.745. The molecule has 2 aromatic rings. The van der Waals surface area contributed by atoms with Crippen LogP contribution in [0.4, 0.5) is 4.39 Å².